The highest BCUT2D eigenvalue weighted by Gasteiger charge is 2.31. The molecule has 1 aromatic carbocycles. The highest BCUT2D eigenvalue weighted by Crippen LogP contribution is 2.39. The number of nitrogens with one attached hydrogen (secondary N) is 1. The third kappa shape index (κ3) is 3.89. The number of ether oxygens (including phenoxy) is 2. The molecule has 0 saturated carbocycles. The number of hydrogen-bond donors (Lipinski definition) is 1. The van der Waals surface area contributed by atoms with Gasteiger partial charge in [-0.05, 0) is 30.5 Å². The molecular weight excluding hydrogens is 254 g/mol. The molecule has 0 unspecified atom stereocenters. The second-order valence-electron chi connectivity index (χ2n) is 5.59. The lowest BCUT2D eigenvalue weighted by molar-refractivity contribution is -0.121. The Bertz CT molecular complexity index is 483. The third-order valence-corrected chi connectivity index (χ3v) is 3.21. The molecule has 0 bridgehead atoms. The normalized spacial score (nSPS) is 15.2. The summed E-state index contributed by atoms with van der Waals surface area (Å²) >= 11 is 0. The Labute approximate surface area is 120 Å². The first-order valence-electron chi connectivity index (χ1n) is 7.28. The lowest BCUT2D eigenvalue weighted by Crippen LogP contribution is -2.29. The van der Waals surface area contributed by atoms with Crippen LogP contribution >= 0.6 is 0 Å². The van der Waals surface area contributed by atoms with Gasteiger partial charge in [-0.25, -0.2) is 0 Å². The molecule has 1 N–H and O–H groups in total. The van der Waals surface area contributed by atoms with E-state index in [0.29, 0.717) is 6.42 Å². The van der Waals surface area contributed by atoms with Crippen molar-refractivity contribution in [2.45, 2.75) is 52.2 Å². The molecule has 4 nitrogen and oxygen atoms in total. The van der Waals surface area contributed by atoms with Crippen molar-refractivity contribution in [3.8, 4) is 11.5 Å². The van der Waals surface area contributed by atoms with Crippen LogP contribution in [0.25, 0.3) is 0 Å². The van der Waals surface area contributed by atoms with Crippen LogP contribution in [0.2, 0.25) is 0 Å². The van der Waals surface area contributed by atoms with E-state index in [1.807, 2.05) is 32.0 Å². The minimum atomic E-state index is -0.599. The van der Waals surface area contributed by atoms with Gasteiger partial charge in [-0.3, -0.25) is 4.79 Å². The van der Waals surface area contributed by atoms with Gasteiger partial charge in [-0.15, -0.1) is 0 Å². The van der Waals surface area contributed by atoms with Gasteiger partial charge in [0.2, 0.25) is 11.7 Å². The van der Waals surface area contributed by atoms with Gasteiger partial charge < -0.3 is 14.8 Å². The van der Waals surface area contributed by atoms with Gasteiger partial charge in [-0.2, -0.15) is 0 Å². The van der Waals surface area contributed by atoms with E-state index < -0.39 is 5.79 Å². The van der Waals surface area contributed by atoms with E-state index in [2.05, 4.69) is 12.2 Å². The van der Waals surface area contributed by atoms with E-state index >= 15 is 0 Å². The number of unbranched alkanes of at least 4 members (excludes halogenated alkanes) is 1. The van der Waals surface area contributed by atoms with Crippen molar-refractivity contribution >= 4 is 5.91 Å². The maximum absolute atomic E-state index is 11.7. The molecule has 0 aromatic heterocycles. The second kappa shape index (κ2) is 6.16. The first-order chi connectivity index (χ1) is 9.50. The fourth-order valence-electron chi connectivity index (χ4n) is 2.17. The summed E-state index contributed by atoms with van der Waals surface area (Å²) in [5.41, 5.74) is 1.09. The number of carbonyl (C=O) groups is 1. The topological polar surface area (TPSA) is 47.6 Å². The van der Waals surface area contributed by atoms with Gasteiger partial charge in [0.25, 0.3) is 0 Å². The minimum absolute atomic E-state index is 0.108. The number of aryl methyl sites for hydroxylation is 1. The lowest BCUT2D eigenvalue weighted by Gasteiger charge is -2.16. The summed E-state index contributed by atoms with van der Waals surface area (Å²) in [6.07, 6.45) is 3.35. The van der Waals surface area contributed by atoms with Gasteiger partial charge in [0.1, 0.15) is 0 Å². The van der Waals surface area contributed by atoms with Crippen molar-refractivity contribution in [1.29, 1.82) is 0 Å². The third-order valence-electron chi connectivity index (χ3n) is 3.21. The zero-order valence-corrected chi connectivity index (χ0v) is 12.5. The van der Waals surface area contributed by atoms with Crippen LogP contribution in [-0.2, 0) is 11.2 Å². The Morgan fingerprint density at radius 2 is 2.00 bits per heavy atom. The Morgan fingerprint density at radius 1 is 1.25 bits per heavy atom. The zero-order valence-electron chi connectivity index (χ0n) is 12.5. The monoisotopic (exact) mass is 277 g/mol. The quantitative estimate of drug-likeness (QED) is 0.813. The summed E-state index contributed by atoms with van der Waals surface area (Å²) < 4.78 is 11.3. The molecule has 0 spiro atoms. The fraction of sp³-hybridized carbons (Fsp3) is 0.562. The summed E-state index contributed by atoms with van der Waals surface area (Å²) in [6.45, 7) is 6.65. The van der Waals surface area contributed by atoms with Crippen LogP contribution in [0.3, 0.4) is 0 Å². The number of amides is 1. The highest BCUT2D eigenvalue weighted by molar-refractivity contribution is 5.76. The molecule has 0 fully saturated rings. The zero-order chi connectivity index (χ0) is 14.6. The van der Waals surface area contributed by atoms with Crippen LogP contribution < -0.4 is 14.8 Å². The summed E-state index contributed by atoms with van der Waals surface area (Å²) in [6, 6.07) is 5.86. The average Bonchev–Trinajstić information content (AvgIpc) is 2.69. The van der Waals surface area contributed by atoms with Crippen LogP contribution in [0.15, 0.2) is 18.2 Å². The molecule has 0 atom stereocenters. The molecule has 0 radical (unpaired) electrons. The van der Waals surface area contributed by atoms with E-state index in [1.165, 1.54) is 0 Å². The molecule has 1 amide bonds. The number of fused-ring (bicyclic) bond motifs is 1. The average molecular weight is 277 g/mol. The van der Waals surface area contributed by atoms with Gasteiger partial charge in [-0.1, -0.05) is 19.4 Å². The predicted octanol–water partition coefficient (Wildman–Crippen LogP) is 3.04. The fourth-order valence-corrected chi connectivity index (χ4v) is 2.17. The number of hydrogen-bond acceptors (Lipinski definition) is 3. The van der Waals surface area contributed by atoms with E-state index in [1.54, 1.807) is 0 Å². The van der Waals surface area contributed by atoms with Crippen molar-refractivity contribution in [3.05, 3.63) is 23.8 Å². The molecule has 1 aromatic rings. The predicted molar refractivity (Wildman–Crippen MR) is 78.0 cm³/mol. The molecule has 2 rings (SSSR count). The second-order valence-corrected chi connectivity index (χ2v) is 5.59. The highest BCUT2D eigenvalue weighted by atomic mass is 16.7. The molecule has 1 aliphatic rings. The van der Waals surface area contributed by atoms with Crippen LogP contribution in [0, 0.1) is 0 Å². The standard InChI is InChI=1S/C16H23NO3/c1-4-5-10-17-15(18)9-7-12-6-8-13-14(11-12)20-16(2,3)19-13/h6,8,11H,4-5,7,9-10H2,1-3H3,(H,17,18). The van der Waals surface area contributed by atoms with E-state index in [-0.39, 0.29) is 5.91 Å². The number of rotatable bonds is 6. The Balaban J connectivity index is 1.85. The molecule has 1 heterocycles. The van der Waals surface area contributed by atoms with E-state index in [0.717, 1.165) is 42.9 Å². The molecule has 110 valence electrons. The van der Waals surface area contributed by atoms with Crippen molar-refractivity contribution in [2.24, 2.45) is 0 Å². The Kier molecular flexibility index (Phi) is 4.53. The summed E-state index contributed by atoms with van der Waals surface area (Å²) in [7, 11) is 0. The molecular formula is C16H23NO3. The van der Waals surface area contributed by atoms with Gasteiger partial charge >= 0.3 is 0 Å². The maximum Gasteiger partial charge on any atom is 0.246 e. The molecule has 1 aliphatic heterocycles. The number of benzene rings is 1. The lowest BCUT2D eigenvalue weighted by atomic mass is 10.1. The van der Waals surface area contributed by atoms with Gasteiger partial charge in [0.15, 0.2) is 11.5 Å². The van der Waals surface area contributed by atoms with E-state index in [4.69, 9.17) is 9.47 Å². The van der Waals surface area contributed by atoms with Crippen molar-refractivity contribution in [1.82, 2.24) is 5.32 Å². The van der Waals surface area contributed by atoms with Crippen molar-refractivity contribution < 1.29 is 14.3 Å². The maximum atomic E-state index is 11.7. The Hall–Kier alpha value is -1.71. The van der Waals surface area contributed by atoms with Gasteiger partial charge in [0.05, 0.1) is 0 Å². The molecule has 4 heteroatoms. The van der Waals surface area contributed by atoms with Crippen LogP contribution in [-0.4, -0.2) is 18.2 Å². The Morgan fingerprint density at radius 3 is 2.75 bits per heavy atom. The molecule has 0 aliphatic carbocycles. The van der Waals surface area contributed by atoms with E-state index in [9.17, 15) is 4.79 Å². The summed E-state index contributed by atoms with van der Waals surface area (Å²) in [5, 5.41) is 2.92. The van der Waals surface area contributed by atoms with Crippen LogP contribution in [0.5, 0.6) is 11.5 Å². The first-order valence-corrected chi connectivity index (χ1v) is 7.28. The number of carbonyl (C=O) groups excluding carboxylic acids is 1. The van der Waals surface area contributed by atoms with Crippen LogP contribution in [0.1, 0.15) is 45.6 Å². The minimum Gasteiger partial charge on any atom is -0.449 e. The molecule has 0 saturated heterocycles. The van der Waals surface area contributed by atoms with Gasteiger partial charge in [0, 0.05) is 26.8 Å². The van der Waals surface area contributed by atoms with Crippen molar-refractivity contribution in [3.63, 3.8) is 0 Å². The van der Waals surface area contributed by atoms with Crippen molar-refractivity contribution in [2.75, 3.05) is 6.54 Å². The summed E-state index contributed by atoms with van der Waals surface area (Å²) in [4.78, 5) is 11.7. The van der Waals surface area contributed by atoms with Crippen LogP contribution in [0.4, 0.5) is 0 Å². The smallest absolute Gasteiger partial charge is 0.246 e. The summed E-state index contributed by atoms with van der Waals surface area (Å²) in [5.74, 6) is 1.04. The largest absolute Gasteiger partial charge is 0.449 e. The first kappa shape index (κ1) is 14.7. The SMILES string of the molecule is CCCCNC(=O)CCc1ccc2c(c1)OC(C)(C)O2. The molecule has 20 heavy (non-hydrogen) atoms.